The summed E-state index contributed by atoms with van der Waals surface area (Å²) in [5.41, 5.74) is 1.05. The Morgan fingerprint density at radius 2 is 1.73 bits per heavy atom. The van der Waals surface area contributed by atoms with Crippen molar-refractivity contribution in [2.45, 2.75) is 11.4 Å². The summed E-state index contributed by atoms with van der Waals surface area (Å²) < 4.78 is 25.1. The lowest BCUT2D eigenvalue weighted by Crippen LogP contribution is -2.47. The largest absolute Gasteiger partial charge is 0.300 e. The van der Waals surface area contributed by atoms with Gasteiger partial charge >= 0.3 is 0 Å². The summed E-state index contributed by atoms with van der Waals surface area (Å²) in [6.45, 7) is 4.79. The zero-order chi connectivity index (χ0) is 18.6. The molecule has 8 heteroatoms. The first-order chi connectivity index (χ1) is 12.4. The van der Waals surface area contributed by atoms with Crippen LogP contribution in [0.4, 0.5) is 0 Å². The number of aromatic nitrogens is 1. The van der Waals surface area contributed by atoms with Gasteiger partial charge in [0.05, 0.1) is 21.4 Å². The van der Waals surface area contributed by atoms with E-state index in [0.717, 1.165) is 38.4 Å². The van der Waals surface area contributed by atoms with Crippen molar-refractivity contribution in [1.82, 2.24) is 14.8 Å². The number of piperazine rings is 1. The molecule has 1 fully saturated rings. The van der Waals surface area contributed by atoms with Crippen LogP contribution < -0.4 is 0 Å². The second-order valence-corrected chi connectivity index (χ2v) is 9.25. The number of halogens is 2. The molecule has 1 aromatic heterocycles. The average molecular weight is 414 g/mol. The highest BCUT2D eigenvalue weighted by molar-refractivity contribution is 7.91. The van der Waals surface area contributed by atoms with Crippen molar-refractivity contribution in [2.24, 2.45) is 0 Å². The summed E-state index contributed by atoms with van der Waals surface area (Å²) in [6.07, 6.45) is 1.80. The van der Waals surface area contributed by atoms with Crippen LogP contribution in [0.15, 0.2) is 47.5 Å². The third kappa shape index (κ3) is 5.18. The maximum Gasteiger partial charge on any atom is 0.181 e. The number of hydrogen-bond donors (Lipinski definition) is 0. The Hall–Kier alpha value is -1.18. The van der Waals surface area contributed by atoms with E-state index in [2.05, 4.69) is 14.8 Å². The molecule has 2 heterocycles. The third-order valence-corrected chi connectivity index (χ3v) is 6.89. The summed E-state index contributed by atoms with van der Waals surface area (Å²) in [5.74, 6) is 0.0350. The molecule has 0 aliphatic carbocycles. The van der Waals surface area contributed by atoms with Crippen molar-refractivity contribution in [3.8, 4) is 0 Å². The highest BCUT2D eigenvalue weighted by Gasteiger charge is 2.22. The second kappa shape index (κ2) is 8.67. The molecule has 3 rings (SSSR count). The monoisotopic (exact) mass is 413 g/mol. The molecule has 0 amide bonds. The van der Waals surface area contributed by atoms with Gasteiger partial charge in [-0.25, -0.2) is 8.42 Å². The molecule has 1 aliphatic heterocycles. The van der Waals surface area contributed by atoms with Gasteiger partial charge in [-0.2, -0.15) is 0 Å². The predicted octanol–water partition coefficient (Wildman–Crippen LogP) is 2.98. The van der Waals surface area contributed by atoms with E-state index in [1.807, 2.05) is 18.2 Å². The average Bonchev–Trinajstić information content (AvgIpc) is 2.64. The topological polar surface area (TPSA) is 53.5 Å². The lowest BCUT2D eigenvalue weighted by Gasteiger charge is -2.34. The SMILES string of the molecule is O=S(=O)(CCN1CCN(Cc2ccccn2)CC1)c1cc(Cl)ccc1Cl. The Balaban J connectivity index is 1.51. The van der Waals surface area contributed by atoms with Crippen molar-refractivity contribution in [1.29, 1.82) is 0 Å². The van der Waals surface area contributed by atoms with Gasteiger partial charge in [0.25, 0.3) is 0 Å². The Morgan fingerprint density at radius 3 is 2.42 bits per heavy atom. The number of rotatable bonds is 6. The van der Waals surface area contributed by atoms with E-state index in [9.17, 15) is 8.42 Å². The van der Waals surface area contributed by atoms with Crippen LogP contribution in [-0.2, 0) is 16.4 Å². The molecule has 0 saturated carbocycles. The first kappa shape index (κ1) is 19.6. The van der Waals surface area contributed by atoms with Crippen molar-refractivity contribution < 1.29 is 8.42 Å². The summed E-state index contributed by atoms with van der Waals surface area (Å²) in [6, 6.07) is 10.5. The van der Waals surface area contributed by atoms with Crippen molar-refractivity contribution >= 4 is 33.0 Å². The molecule has 0 radical (unpaired) electrons. The second-order valence-electron chi connectivity index (χ2n) is 6.33. The zero-order valence-corrected chi connectivity index (χ0v) is 16.6. The molecule has 2 aromatic rings. The third-order valence-electron chi connectivity index (χ3n) is 4.48. The minimum Gasteiger partial charge on any atom is -0.300 e. The maximum absolute atomic E-state index is 12.6. The normalized spacial score (nSPS) is 16.7. The van der Waals surface area contributed by atoms with Gasteiger partial charge in [-0.05, 0) is 30.3 Å². The predicted molar refractivity (Wildman–Crippen MR) is 104 cm³/mol. The van der Waals surface area contributed by atoms with E-state index in [1.165, 1.54) is 12.1 Å². The Bertz CT molecular complexity index is 839. The number of benzene rings is 1. The minimum atomic E-state index is -3.46. The fraction of sp³-hybridized carbons (Fsp3) is 0.389. The van der Waals surface area contributed by atoms with Crippen molar-refractivity contribution in [3.05, 3.63) is 58.3 Å². The molecule has 1 saturated heterocycles. The van der Waals surface area contributed by atoms with Crippen molar-refractivity contribution in [2.75, 3.05) is 38.5 Å². The molecule has 0 N–H and O–H groups in total. The van der Waals surface area contributed by atoms with Gasteiger partial charge in [0.2, 0.25) is 0 Å². The number of sulfone groups is 1. The van der Waals surface area contributed by atoms with E-state index < -0.39 is 9.84 Å². The molecule has 1 aromatic carbocycles. The quantitative estimate of drug-likeness (QED) is 0.728. The molecular weight excluding hydrogens is 393 g/mol. The Morgan fingerprint density at radius 1 is 1.00 bits per heavy atom. The van der Waals surface area contributed by atoms with Gasteiger partial charge in [-0.1, -0.05) is 29.3 Å². The van der Waals surface area contributed by atoms with Crippen LogP contribution in [-0.4, -0.2) is 61.7 Å². The summed E-state index contributed by atoms with van der Waals surface area (Å²) >= 11 is 11.9. The summed E-state index contributed by atoms with van der Waals surface area (Å²) in [4.78, 5) is 8.97. The van der Waals surface area contributed by atoms with Crippen LogP contribution in [0.3, 0.4) is 0 Å². The van der Waals surface area contributed by atoms with E-state index in [0.29, 0.717) is 11.6 Å². The van der Waals surface area contributed by atoms with Gasteiger partial charge in [0.1, 0.15) is 0 Å². The van der Waals surface area contributed by atoms with Crippen LogP contribution in [0.5, 0.6) is 0 Å². The van der Waals surface area contributed by atoms with Crippen LogP contribution in [0.25, 0.3) is 0 Å². The molecular formula is C18H21Cl2N3O2S. The molecule has 0 atom stereocenters. The van der Waals surface area contributed by atoms with Gasteiger partial charge in [0, 0.05) is 50.5 Å². The van der Waals surface area contributed by atoms with E-state index in [4.69, 9.17) is 23.2 Å². The van der Waals surface area contributed by atoms with Crippen molar-refractivity contribution in [3.63, 3.8) is 0 Å². The molecule has 0 unspecified atom stereocenters. The van der Waals surface area contributed by atoms with Crippen LogP contribution in [0.2, 0.25) is 10.0 Å². The lowest BCUT2D eigenvalue weighted by atomic mass is 10.2. The fourth-order valence-electron chi connectivity index (χ4n) is 2.97. The van der Waals surface area contributed by atoms with Gasteiger partial charge in [0.15, 0.2) is 9.84 Å². The first-order valence-electron chi connectivity index (χ1n) is 8.46. The van der Waals surface area contributed by atoms with E-state index in [-0.39, 0.29) is 15.7 Å². The lowest BCUT2D eigenvalue weighted by molar-refractivity contribution is 0.131. The maximum atomic E-state index is 12.6. The van der Waals surface area contributed by atoms with Crippen LogP contribution in [0.1, 0.15) is 5.69 Å². The zero-order valence-electron chi connectivity index (χ0n) is 14.3. The molecule has 1 aliphatic rings. The molecule has 0 spiro atoms. The minimum absolute atomic E-state index is 0.0350. The Labute approximate surface area is 164 Å². The molecule has 0 bridgehead atoms. The van der Waals surface area contributed by atoms with Gasteiger partial charge in [-0.15, -0.1) is 0 Å². The first-order valence-corrected chi connectivity index (χ1v) is 10.9. The number of nitrogens with zero attached hydrogens (tertiary/aromatic N) is 3. The highest BCUT2D eigenvalue weighted by Crippen LogP contribution is 2.26. The molecule has 140 valence electrons. The summed E-state index contributed by atoms with van der Waals surface area (Å²) in [7, 11) is -3.46. The standard InChI is InChI=1S/C18H21Cl2N3O2S/c19-15-4-5-17(20)18(13-15)26(24,25)12-11-22-7-9-23(10-8-22)14-16-3-1-2-6-21-16/h1-6,13H,7-12,14H2. The Kier molecular flexibility index (Phi) is 6.53. The number of hydrogen-bond acceptors (Lipinski definition) is 5. The number of pyridine rings is 1. The van der Waals surface area contributed by atoms with Crippen LogP contribution in [0, 0.1) is 0 Å². The molecule has 26 heavy (non-hydrogen) atoms. The van der Waals surface area contributed by atoms with E-state index >= 15 is 0 Å². The van der Waals surface area contributed by atoms with E-state index in [1.54, 1.807) is 12.3 Å². The smallest absolute Gasteiger partial charge is 0.181 e. The highest BCUT2D eigenvalue weighted by atomic mass is 35.5. The fourth-order valence-corrected chi connectivity index (χ4v) is 5.06. The van der Waals surface area contributed by atoms with Crippen LogP contribution >= 0.6 is 23.2 Å². The van der Waals surface area contributed by atoms with Gasteiger partial charge in [-0.3, -0.25) is 14.8 Å². The summed E-state index contributed by atoms with van der Waals surface area (Å²) in [5, 5.41) is 0.589. The molecule has 5 nitrogen and oxygen atoms in total. The van der Waals surface area contributed by atoms with Gasteiger partial charge < -0.3 is 0 Å².